The topological polar surface area (TPSA) is 12.0 Å². The first-order valence-electron chi connectivity index (χ1n) is 5.73. The van der Waals surface area contributed by atoms with E-state index in [0.29, 0.717) is 6.04 Å². The molecule has 88 valence electrons. The lowest BCUT2D eigenvalue weighted by molar-refractivity contribution is 0.479. The van der Waals surface area contributed by atoms with Crippen molar-refractivity contribution < 1.29 is 0 Å². The molecule has 1 aliphatic carbocycles. The van der Waals surface area contributed by atoms with Gasteiger partial charge >= 0.3 is 0 Å². The summed E-state index contributed by atoms with van der Waals surface area (Å²) in [5, 5.41) is 4.28. The average molecular weight is 303 g/mol. The molecule has 0 spiro atoms. The van der Waals surface area contributed by atoms with Crippen molar-refractivity contribution in [2.45, 2.75) is 25.8 Å². The Bertz CT molecular complexity index is 380. The zero-order valence-electron chi connectivity index (χ0n) is 9.63. The second-order valence-electron chi connectivity index (χ2n) is 4.71. The van der Waals surface area contributed by atoms with E-state index < -0.39 is 0 Å². The van der Waals surface area contributed by atoms with Crippen LogP contribution in [-0.2, 0) is 6.42 Å². The molecule has 1 aromatic carbocycles. The average Bonchev–Trinajstić information content (AvgIpc) is 2.94. The lowest BCUT2D eigenvalue weighted by Gasteiger charge is -2.16. The van der Waals surface area contributed by atoms with Crippen molar-refractivity contribution in [1.82, 2.24) is 5.32 Å². The standard InChI is InChI=1S/C13H17BrClN/c1-8-5-11(8)13(16-2)6-9-3-4-10(14)7-12(9)15/h3-4,7-8,11,13,16H,5-6H2,1-2H3. The Balaban J connectivity index is 2.07. The molecule has 3 unspecified atom stereocenters. The van der Waals surface area contributed by atoms with Crippen LogP contribution >= 0.6 is 27.5 Å². The molecule has 0 aromatic heterocycles. The molecule has 0 bridgehead atoms. The summed E-state index contributed by atoms with van der Waals surface area (Å²) in [5.41, 5.74) is 1.24. The summed E-state index contributed by atoms with van der Waals surface area (Å²) >= 11 is 9.66. The monoisotopic (exact) mass is 301 g/mol. The lowest BCUT2D eigenvalue weighted by atomic mass is 10.0. The Morgan fingerprint density at radius 3 is 2.75 bits per heavy atom. The Hall–Kier alpha value is -0.0500. The molecular weight excluding hydrogens is 286 g/mol. The van der Waals surface area contributed by atoms with E-state index in [4.69, 9.17) is 11.6 Å². The molecule has 0 saturated heterocycles. The number of likely N-dealkylation sites (N-methyl/N-ethyl adjacent to an activating group) is 1. The van der Waals surface area contributed by atoms with Gasteiger partial charge in [-0.3, -0.25) is 0 Å². The van der Waals surface area contributed by atoms with E-state index in [1.54, 1.807) is 0 Å². The van der Waals surface area contributed by atoms with Crippen molar-refractivity contribution in [3.8, 4) is 0 Å². The fourth-order valence-corrected chi connectivity index (χ4v) is 3.05. The minimum Gasteiger partial charge on any atom is -0.316 e. The van der Waals surface area contributed by atoms with Crippen LogP contribution in [-0.4, -0.2) is 13.1 Å². The van der Waals surface area contributed by atoms with Crippen LogP contribution in [0.2, 0.25) is 5.02 Å². The molecule has 1 fully saturated rings. The minimum atomic E-state index is 0.564. The molecule has 3 atom stereocenters. The van der Waals surface area contributed by atoms with E-state index in [0.717, 1.165) is 27.8 Å². The normalized spacial score (nSPS) is 25.5. The predicted octanol–water partition coefficient (Wildman–Crippen LogP) is 3.89. The smallest absolute Gasteiger partial charge is 0.0449 e. The van der Waals surface area contributed by atoms with Crippen LogP contribution in [0.15, 0.2) is 22.7 Å². The number of benzene rings is 1. The van der Waals surface area contributed by atoms with Gasteiger partial charge < -0.3 is 5.32 Å². The number of halogens is 2. The largest absolute Gasteiger partial charge is 0.316 e. The van der Waals surface area contributed by atoms with Gasteiger partial charge in [0.1, 0.15) is 0 Å². The maximum absolute atomic E-state index is 6.23. The molecule has 2 rings (SSSR count). The number of nitrogens with one attached hydrogen (secondary N) is 1. The Morgan fingerprint density at radius 1 is 1.56 bits per heavy atom. The molecular formula is C13H17BrClN. The van der Waals surface area contributed by atoms with Crippen LogP contribution in [0.25, 0.3) is 0 Å². The first-order chi connectivity index (χ1) is 7.61. The highest BCUT2D eigenvalue weighted by Crippen LogP contribution is 2.41. The van der Waals surface area contributed by atoms with Gasteiger partial charge in [0.05, 0.1) is 0 Å². The summed E-state index contributed by atoms with van der Waals surface area (Å²) < 4.78 is 1.04. The van der Waals surface area contributed by atoms with Gasteiger partial charge in [0.2, 0.25) is 0 Å². The van der Waals surface area contributed by atoms with E-state index in [2.05, 4.69) is 40.3 Å². The Kier molecular flexibility index (Phi) is 3.93. The van der Waals surface area contributed by atoms with Gasteiger partial charge in [-0.2, -0.15) is 0 Å². The van der Waals surface area contributed by atoms with Gasteiger partial charge in [0.15, 0.2) is 0 Å². The van der Waals surface area contributed by atoms with Gasteiger partial charge in [0.25, 0.3) is 0 Å². The van der Waals surface area contributed by atoms with Crippen LogP contribution in [0.5, 0.6) is 0 Å². The highest BCUT2D eigenvalue weighted by atomic mass is 79.9. The predicted molar refractivity (Wildman–Crippen MR) is 73.0 cm³/mol. The molecule has 3 heteroatoms. The summed E-state index contributed by atoms with van der Waals surface area (Å²) in [6.45, 7) is 2.32. The second-order valence-corrected chi connectivity index (χ2v) is 6.03. The van der Waals surface area contributed by atoms with Gasteiger partial charge in [0, 0.05) is 15.5 Å². The van der Waals surface area contributed by atoms with Crippen molar-refractivity contribution in [2.75, 3.05) is 7.05 Å². The second kappa shape index (κ2) is 5.07. The molecule has 1 saturated carbocycles. The fourth-order valence-electron chi connectivity index (χ4n) is 2.30. The van der Waals surface area contributed by atoms with Crippen molar-refractivity contribution in [1.29, 1.82) is 0 Å². The first kappa shape index (κ1) is 12.4. The first-order valence-corrected chi connectivity index (χ1v) is 6.90. The van der Waals surface area contributed by atoms with Gasteiger partial charge in [-0.1, -0.05) is 40.5 Å². The summed E-state index contributed by atoms with van der Waals surface area (Å²) in [7, 11) is 2.04. The van der Waals surface area contributed by atoms with E-state index in [-0.39, 0.29) is 0 Å². The third kappa shape index (κ3) is 2.79. The maximum Gasteiger partial charge on any atom is 0.0449 e. The van der Waals surface area contributed by atoms with Crippen LogP contribution in [0.4, 0.5) is 0 Å². The quantitative estimate of drug-likeness (QED) is 0.890. The minimum absolute atomic E-state index is 0.564. The summed E-state index contributed by atoms with van der Waals surface area (Å²) in [6, 6.07) is 6.71. The molecule has 1 aliphatic rings. The summed E-state index contributed by atoms with van der Waals surface area (Å²) in [4.78, 5) is 0. The van der Waals surface area contributed by atoms with Gasteiger partial charge in [-0.05, 0) is 49.4 Å². The van der Waals surface area contributed by atoms with Crippen molar-refractivity contribution in [2.24, 2.45) is 11.8 Å². The van der Waals surface area contributed by atoms with E-state index in [1.165, 1.54) is 12.0 Å². The van der Waals surface area contributed by atoms with Crippen molar-refractivity contribution >= 4 is 27.5 Å². The molecule has 16 heavy (non-hydrogen) atoms. The number of hydrogen-bond donors (Lipinski definition) is 1. The zero-order valence-corrected chi connectivity index (χ0v) is 12.0. The van der Waals surface area contributed by atoms with E-state index in [9.17, 15) is 0 Å². The molecule has 0 heterocycles. The van der Waals surface area contributed by atoms with Crippen molar-refractivity contribution in [3.63, 3.8) is 0 Å². The highest BCUT2D eigenvalue weighted by molar-refractivity contribution is 9.10. The summed E-state index contributed by atoms with van der Waals surface area (Å²) in [5.74, 6) is 1.69. The molecule has 0 amide bonds. The van der Waals surface area contributed by atoms with Crippen LogP contribution < -0.4 is 5.32 Å². The van der Waals surface area contributed by atoms with E-state index in [1.807, 2.05) is 13.1 Å². The SMILES string of the molecule is CNC(Cc1ccc(Br)cc1Cl)C1CC1C. The molecule has 0 radical (unpaired) electrons. The van der Waals surface area contributed by atoms with Crippen LogP contribution in [0.1, 0.15) is 18.9 Å². The van der Waals surface area contributed by atoms with Crippen LogP contribution in [0, 0.1) is 11.8 Å². The van der Waals surface area contributed by atoms with Crippen LogP contribution in [0.3, 0.4) is 0 Å². The lowest BCUT2D eigenvalue weighted by Crippen LogP contribution is -2.30. The Labute approximate surface area is 111 Å². The molecule has 1 aromatic rings. The van der Waals surface area contributed by atoms with Gasteiger partial charge in [-0.15, -0.1) is 0 Å². The highest BCUT2D eigenvalue weighted by Gasteiger charge is 2.38. The van der Waals surface area contributed by atoms with E-state index >= 15 is 0 Å². The third-order valence-electron chi connectivity index (χ3n) is 3.51. The van der Waals surface area contributed by atoms with Gasteiger partial charge in [-0.25, -0.2) is 0 Å². The number of hydrogen-bond acceptors (Lipinski definition) is 1. The zero-order chi connectivity index (χ0) is 11.7. The summed E-state index contributed by atoms with van der Waals surface area (Å²) in [6.07, 6.45) is 2.37. The molecule has 0 aliphatic heterocycles. The van der Waals surface area contributed by atoms with Crippen molar-refractivity contribution in [3.05, 3.63) is 33.3 Å². The third-order valence-corrected chi connectivity index (χ3v) is 4.36. The maximum atomic E-state index is 6.23. The molecule has 1 nitrogen and oxygen atoms in total. The Morgan fingerprint density at radius 2 is 2.25 bits per heavy atom. The molecule has 1 N–H and O–H groups in total. The number of rotatable bonds is 4. The fraction of sp³-hybridized carbons (Fsp3) is 0.538.